The number of benzene rings is 3. The molecule has 4 heteroatoms. The molecular formula is C25H23N3O. The van der Waals surface area contributed by atoms with Crippen molar-refractivity contribution in [3.63, 3.8) is 0 Å². The molecule has 1 fully saturated rings. The van der Waals surface area contributed by atoms with Crippen molar-refractivity contribution in [2.75, 3.05) is 18.0 Å². The van der Waals surface area contributed by atoms with Crippen LogP contribution in [0.3, 0.4) is 0 Å². The van der Waals surface area contributed by atoms with Crippen LogP contribution in [0.25, 0.3) is 22.3 Å². The molecule has 4 nitrogen and oxygen atoms in total. The maximum atomic E-state index is 6.16. The van der Waals surface area contributed by atoms with Crippen molar-refractivity contribution in [1.29, 1.82) is 0 Å². The number of piperidine rings is 1. The molecule has 0 bridgehead atoms. The Bertz CT molecular complexity index is 1090. The molecule has 0 saturated carbocycles. The van der Waals surface area contributed by atoms with Crippen LogP contribution in [0.1, 0.15) is 12.8 Å². The van der Waals surface area contributed by atoms with Crippen LogP contribution in [0.15, 0.2) is 84.9 Å². The highest BCUT2D eigenvalue weighted by Crippen LogP contribution is 2.30. The smallest absolute Gasteiger partial charge is 0.162 e. The van der Waals surface area contributed by atoms with Crippen LogP contribution in [0, 0.1) is 0 Å². The van der Waals surface area contributed by atoms with Crippen molar-refractivity contribution in [3.05, 3.63) is 84.9 Å². The third kappa shape index (κ3) is 3.79. The van der Waals surface area contributed by atoms with Crippen molar-refractivity contribution in [2.24, 2.45) is 0 Å². The molecule has 0 atom stereocenters. The molecule has 0 N–H and O–H groups in total. The van der Waals surface area contributed by atoms with Gasteiger partial charge in [0.25, 0.3) is 0 Å². The first-order chi connectivity index (χ1) is 14.4. The van der Waals surface area contributed by atoms with Gasteiger partial charge >= 0.3 is 0 Å². The monoisotopic (exact) mass is 381 g/mol. The van der Waals surface area contributed by atoms with Gasteiger partial charge in [-0.1, -0.05) is 60.7 Å². The Morgan fingerprint density at radius 3 is 2.14 bits per heavy atom. The van der Waals surface area contributed by atoms with Crippen LogP contribution in [0.2, 0.25) is 0 Å². The minimum absolute atomic E-state index is 0.246. The summed E-state index contributed by atoms with van der Waals surface area (Å²) in [5, 5.41) is 1.11. The second kappa shape index (κ2) is 7.92. The van der Waals surface area contributed by atoms with Gasteiger partial charge in [-0.05, 0) is 24.3 Å². The van der Waals surface area contributed by atoms with Gasteiger partial charge < -0.3 is 9.64 Å². The maximum absolute atomic E-state index is 6.16. The van der Waals surface area contributed by atoms with E-state index < -0.39 is 0 Å². The van der Waals surface area contributed by atoms with Crippen molar-refractivity contribution in [2.45, 2.75) is 18.9 Å². The van der Waals surface area contributed by atoms with Crippen LogP contribution in [-0.2, 0) is 0 Å². The first-order valence-corrected chi connectivity index (χ1v) is 10.2. The summed E-state index contributed by atoms with van der Waals surface area (Å²) in [5.74, 6) is 2.75. The van der Waals surface area contributed by atoms with E-state index in [1.165, 1.54) is 0 Å². The predicted molar refractivity (Wildman–Crippen MR) is 117 cm³/mol. The number of aromatic nitrogens is 2. The molecule has 0 unspecified atom stereocenters. The van der Waals surface area contributed by atoms with Crippen molar-refractivity contribution in [3.8, 4) is 17.1 Å². The van der Waals surface area contributed by atoms with Crippen LogP contribution < -0.4 is 9.64 Å². The molecule has 3 aromatic carbocycles. The summed E-state index contributed by atoms with van der Waals surface area (Å²) in [6.07, 6.45) is 2.21. The number of para-hydroxylation sites is 2. The summed E-state index contributed by atoms with van der Waals surface area (Å²) >= 11 is 0. The zero-order valence-electron chi connectivity index (χ0n) is 16.2. The fourth-order valence-electron chi connectivity index (χ4n) is 3.89. The van der Waals surface area contributed by atoms with Gasteiger partial charge in [0.15, 0.2) is 5.82 Å². The molecule has 29 heavy (non-hydrogen) atoms. The second-order valence-electron chi connectivity index (χ2n) is 7.37. The first kappa shape index (κ1) is 17.7. The Morgan fingerprint density at radius 1 is 0.724 bits per heavy atom. The third-order valence-electron chi connectivity index (χ3n) is 5.40. The zero-order chi connectivity index (χ0) is 19.5. The molecule has 1 saturated heterocycles. The molecule has 0 amide bonds. The second-order valence-corrected chi connectivity index (χ2v) is 7.37. The van der Waals surface area contributed by atoms with E-state index in [1.54, 1.807) is 0 Å². The molecule has 144 valence electrons. The lowest BCUT2D eigenvalue weighted by atomic mass is 10.1. The van der Waals surface area contributed by atoms with Gasteiger partial charge in [0.2, 0.25) is 0 Å². The number of rotatable bonds is 4. The summed E-state index contributed by atoms with van der Waals surface area (Å²) < 4.78 is 6.16. The summed E-state index contributed by atoms with van der Waals surface area (Å²) in [6.45, 7) is 1.85. The average molecular weight is 381 g/mol. The van der Waals surface area contributed by atoms with Gasteiger partial charge in [0.05, 0.1) is 5.52 Å². The number of hydrogen-bond acceptors (Lipinski definition) is 4. The van der Waals surface area contributed by atoms with Crippen molar-refractivity contribution in [1.82, 2.24) is 9.97 Å². The predicted octanol–water partition coefficient (Wildman–Crippen LogP) is 5.34. The third-order valence-corrected chi connectivity index (χ3v) is 5.40. The van der Waals surface area contributed by atoms with E-state index in [1.807, 2.05) is 54.6 Å². The summed E-state index contributed by atoms with van der Waals surface area (Å²) in [6, 6.07) is 28.6. The number of nitrogens with zero attached hydrogens (tertiary/aromatic N) is 3. The lowest BCUT2D eigenvalue weighted by Crippen LogP contribution is -2.38. The van der Waals surface area contributed by atoms with Gasteiger partial charge in [-0.2, -0.15) is 0 Å². The highest BCUT2D eigenvalue weighted by Gasteiger charge is 2.23. The van der Waals surface area contributed by atoms with Crippen LogP contribution in [0.5, 0.6) is 5.75 Å². The summed E-state index contributed by atoms with van der Waals surface area (Å²) in [5.41, 5.74) is 2.03. The molecule has 2 heterocycles. The van der Waals surface area contributed by atoms with E-state index in [2.05, 4.69) is 35.2 Å². The van der Waals surface area contributed by atoms with Crippen molar-refractivity contribution < 1.29 is 4.74 Å². The largest absolute Gasteiger partial charge is 0.490 e. The van der Waals surface area contributed by atoms with E-state index in [-0.39, 0.29) is 6.10 Å². The maximum Gasteiger partial charge on any atom is 0.162 e. The minimum atomic E-state index is 0.246. The van der Waals surface area contributed by atoms with Gasteiger partial charge in [-0.15, -0.1) is 0 Å². The van der Waals surface area contributed by atoms with E-state index in [0.29, 0.717) is 0 Å². The molecule has 5 rings (SSSR count). The zero-order valence-corrected chi connectivity index (χ0v) is 16.2. The molecule has 1 aliphatic rings. The Hall–Kier alpha value is -3.40. The van der Waals surface area contributed by atoms with Crippen molar-refractivity contribution >= 4 is 16.7 Å². The Labute approximate surface area is 170 Å². The molecule has 0 spiro atoms. The quantitative estimate of drug-likeness (QED) is 0.478. The van der Waals surface area contributed by atoms with Crippen LogP contribution in [0.4, 0.5) is 5.82 Å². The van der Waals surface area contributed by atoms with Gasteiger partial charge in [0.1, 0.15) is 17.7 Å². The average Bonchev–Trinajstić information content (AvgIpc) is 2.80. The number of ether oxygens (including phenoxy) is 1. The number of fused-ring (bicyclic) bond motifs is 1. The lowest BCUT2D eigenvalue weighted by molar-refractivity contribution is 0.171. The van der Waals surface area contributed by atoms with Gasteiger partial charge in [-0.3, -0.25) is 0 Å². The van der Waals surface area contributed by atoms with E-state index >= 15 is 0 Å². The fraction of sp³-hybridized carbons (Fsp3) is 0.200. The standard InChI is InChI=1S/C25H23N3O/c1-3-9-19(10-4-1)24-26-23-14-8-7-13-22(23)25(27-24)28-17-15-21(16-18-28)29-20-11-5-2-6-12-20/h1-14,21H,15-18H2. The molecule has 4 aromatic rings. The summed E-state index contributed by atoms with van der Waals surface area (Å²) in [4.78, 5) is 12.2. The molecule has 1 aromatic heterocycles. The van der Waals surface area contributed by atoms with E-state index in [9.17, 15) is 0 Å². The van der Waals surface area contributed by atoms with Gasteiger partial charge in [0, 0.05) is 36.9 Å². The minimum Gasteiger partial charge on any atom is -0.490 e. The molecular weight excluding hydrogens is 358 g/mol. The Balaban J connectivity index is 1.41. The Kier molecular flexibility index (Phi) is 4.83. The van der Waals surface area contributed by atoms with Crippen LogP contribution in [-0.4, -0.2) is 29.2 Å². The van der Waals surface area contributed by atoms with Crippen LogP contribution >= 0.6 is 0 Å². The van der Waals surface area contributed by atoms with E-state index in [4.69, 9.17) is 14.7 Å². The SMILES string of the molecule is c1ccc(OC2CCN(c3nc(-c4ccccc4)nc4ccccc34)CC2)cc1. The fourth-order valence-corrected chi connectivity index (χ4v) is 3.89. The first-order valence-electron chi connectivity index (χ1n) is 10.2. The topological polar surface area (TPSA) is 38.2 Å². The Morgan fingerprint density at radius 2 is 1.38 bits per heavy atom. The normalized spacial score (nSPS) is 14.8. The molecule has 0 radical (unpaired) electrons. The number of hydrogen-bond donors (Lipinski definition) is 0. The highest BCUT2D eigenvalue weighted by atomic mass is 16.5. The number of anilines is 1. The molecule has 1 aliphatic heterocycles. The van der Waals surface area contributed by atoms with Gasteiger partial charge in [-0.25, -0.2) is 9.97 Å². The molecule has 0 aliphatic carbocycles. The van der Waals surface area contributed by atoms with E-state index in [0.717, 1.165) is 59.8 Å². The lowest BCUT2D eigenvalue weighted by Gasteiger charge is -2.33. The highest BCUT2D eigenvalue weighted by molar-refractivity contribution is 5.91. The summed E-state index contributed by atoms with van der Waals surface area (Å²) in [7, 11) is 0.